The fourth-order valence-corrected chi connectivity index (χ4v) is 4.87. The van der Waals surface area contributed by atoms with E-state index >= 15 is 0 Å². The first-order valence-electron chi connectivity index (χ1n) is 8.65. The van der Waals surface area contributed by atoms with Crippen LogP contribution in [0.15, 0.2) is 65.8 Å². The number of benzene rings is 2. The summed E-state index contributed by atoms with van der Waals surface area (Å²) in [5, 5.41) is 5.38. The summed E-state index contributed by atoms with van der Waals surface area (Å²) in [7, 11) is -2.95. The fraction of sp³-hybridized carbons (Fsp3) is 0.200. The van der Waals surface area contributed by atoms with Crippen LogP contribution < -0.4 is 0 Å². The molecule has 7 heteroatoms. The Kier molecular flexibility index (Phi) is 4.85. The standard InChI is InChI=1S/C20H18ClN3O2S/c21-17-8-6-15(7-9-17)20-16(12-22-18-10-11-27(25,26)14-18)13-24(23-20)19-4-2-1-3-5-19/h1-9,12-13,18H,10-11,14H2/t18-/m1/s1. The Balaban J connectivity index is 1.72. The first-order valence-corrected chi connectivity index (χ1v) is 10.8. The van der Waals surface area contributed by atoms with Crippen LogP contribution in [0, 0.1) is 0 Å². The van der Waals surface area contributed by atoms with Gasteiger partial charge in [-0.05, 0) is 30.7 Å². The van der Waals surface area contributed by atoms with Gasteiger partial charge in [-0.2, -0.15) is 5.10 Å². The van der Waals surface area contributed by atoms with Crippen LogP contribution in [0.5, 0.6) is 0 Å². The summed E-state index contributed by atoms with van der Waals surface area (Å²) < 4.78 is 25.1. The molecule has 1 aliphatic heterocycles. The topological polar surface area (TPSA) is 64.3 Å². The maximum atomic E-state index is 11.7. The molecule has 2 heterocycles. The number of para-hydroxylation sites is 1. The Hall–Kier alpha value is -2.44. The second-order valence-corrected chi connectivity index (χ2v) is 9.22. The highest BCUT2D eigenvalue weighted by molar-refractivity contribution is 7.91. The molecule has 1 atom stereocenters. The highest BCUT2D eigenvalue weighted by Crippen LogP contribution is 2.25. The first-order chi connectivity index (χ1) is 13.0. The third-order valence-corrected chi connectivity index (χ3v) is 6.52. The van der Waals surface area contributed by atoms with E-state index in [9.17, 15) is 8.42 Å². The van der Waals surface area contributed by atoms with Crippen molar-refractivity contribution in [1.82, 2.24) is 9.78 Å². The van der Waals surface area contributed by atoms with E-state index in [1.807, 2.05) is 60.8 Å². The third-order valence-electron chi connectivity index (χ3n) is 4.51. The van der Waals surface area contributed by atoms with E-state index in [-0.39, 0.29) is 17.5 Å². The first kappa shape index (κ1) is 17.9. The lowest BCUT2D eigenvalue weighted by Gasteiger charge is -2.01. The highest BCUT2D eigenvalue weighted by Gasteiger charge is 2.27. The second-order valence-electron chi connectivity index (χ2n) is 6.56. The highest BCUT2D eigenvalue weighted by atomic mass is 35.5. The Morgan fingerprint density at radius 3 is 2.52 bits per heavy atom. The van der Waals surface area contributed by atoms with Crippen LogP contribution in [-0.4, -0.2) is 42.0 Å². The van der Waals surface area contributed by atoms with Gasteiger partial charge in [-0.15, -0.1) is 0 Å². The molecular formula is C20H18ClN3O2S. The third kappa shape index (κ3) is 4.12. The van der Waals surface area contributed by atoms with Gasteiger partial charge in [0.15, 0.2) is 9.84 Å². The van der Waals surface area contributed by atoms with E-state index in [1.165, 1.54) is 0 Å². The zero-order chi connectivity index (χ0) is 18.9. The zero-order valence-corrected chi connectivity index (χ0v) is 16.1. The number of aliphatic imine (C=N–C) groups is 1. The van der Waals surface area contributed by atoms with E-state index in [0.717, 1.165) is 22.5 Å². The van der Waals surface area contributed by atoms with Gasteiger partial charge in [0.05, 0.1) is 23.2 Å². The molecule has 0 amide bonds. The average Bonchev–Trinajstić information content (AvgIpc) is 3.24. The normalized spacial score (nSPS) is 18.9. The summed E-state index contributed by atoms with van der Waals surface area (Å²) in [5.74, 6) is 0.328. The van der Waals surface area contributed by atoms with Crippen LogP contribution in [0.25, 0.3) is 16.9 Å². The lowest BCUT2D eigenvalue weighted by atomic mass is 10.1. The largest absolute Gasteiger partial charge is 0.288 e. The molecule has 1 saturated heterocycles. The molecule has 0 saturated carbocycles. The molecule has 0 N–H and O–H groups in total. The van der Waals surface area contributed by atoms with Crippen molar-refractivity contribution in [2.45, 2.75) is 12.5 Å². The predicted octanol–water partition coefficient (Wildman–Crippen LogP) is 3.80. The summed E-state index contributed by atoms with van der Waals surface area (Å²) in [6.45, 7) is 0. The summed E-state index contributed by atoms with van der Waals surface area (Å²) >= 11 is 6.01. The number of hydrogen-bond donors (Lipinski definition) is 0. The van der Waals surface area contributed by atoms with Crippen LogP contribution in [-0.2, 0) is 9.84 Å². The van der Waals surface area contributed by atoms with E-state index in [0.29, 0.717) is 11.4 Å². The maximum absolute atomic E-state index is 11.7. The monoisotopic (exact) mass is 399 g/mol. The van der Waals surface area contributed by atoms with Crippen molar-refractivity contribution < 1.29 is 8.42 Å². The lowest BCUT2D eigenvalue weighted by molar-refractivity contribution is 0.601. The van der Waals surface area contributed by atoms with Crippen LogP contribution in [0.1, 0.15) is 12.0 Å². The minimum atomic E-state index is -2.95. The molecular weight excluding hydrogens is 382 g/mol. The molecule has 0 radical (unpaired) electrons. The molecule has 27 heavy (non-hydrogen) atoms. The molecule has 0 spiro atoms. The maximum Gasteiger partial charge on any atom is 0.152 e. The molecule has 138 valence electrons. The van der Waals surface area contributed by atoms with Gasteiger partial charge in [-0.1, -0.05) is 41.9 Å². The molecule has 2 aromatic carbocycles. The van der Waals surface area contributed by atoms with Crippen molar-refractivity contribution in [1.29, 1.82) is 0 Å². The van der Waals surface area contributed by atoms with Gasteiger partial charge in [0.25, 0.3) is 0 Å². The van der Waals surface area contributed by atoms with Crippen molar-refractivity contribution in [2.24, 2.45) is 4.99 Å². The summed E-state index contributed by atoms with van der Waals surface area (Å²) in [4.78, 5) is 4.52. The quantitative estimate of drug-likeness (QED) is 0.627. The van der Waals surface area contributed by atoms with Gasteiger partial charge in [0.1, 0.15) is 5.69 Å². The number of halogens is 1. The van der Waals surface area contributed by atoms with Crippen molar-refractivity contribution >= 4 is 27.7 Å². The van der Waals surface area contributed by atoms with Gasteiger partial charge in [-0.3, -0.25) is 4.99 Å². The zero-order valence-electron chi connectivity index (χ0n) is 14.5. The van der Waals surface area contributed by atoms with Crippen molar-refractivity contribution in [3.8, 4) is 16.9 Å². The van der Waals surface area contributed by atoms with E-state index in [2.05, 4.69) is 4.99 Å². The van der Waals surface area contributed by atoms with Crippen LogP contribution in [0.4, 0.5) is 0 Å². The summed E-state index contributed by atoms with van der Waals surface area (Å²) in [5.41, 5.74) is 3.48. The van der Waals surface area contributed by atoms with E-state index in [4.69, 9.17) is 16.7 Å². The number of rotatable bonds is 4. The SMILES string of the molecule is O=S1(=O)CC[C@@H](N=Cc2cn(-c3ccccc3)nc2-c2ccc(Cl)cc2)C1. The molecule has 1 aliphatic rings. The molecule has 0 aliphatic carbocycles. The second kappa shape index (κ2) is 7.29. The Morgan fingerprint density at radius 1 is 1.11 bits per heavy atom. The number of sulfone groups is 1. The average molecular weight is 400 g/mol. The molecule has 4 rings (SSSR count). The van der Waals surface area contributed by atoms with Gasteiger partial charge in [-0.25, -0.2) is 13.1 Å². The van der Waals surface area contributed by atoms with Crippen molar-refractivity contribution in [2.75, 3.05) is 11.5 Å². The smallest absolute Gasteiger partial charge is 0.152 e. The lowest BCUT2D eigenvalue weighted by Crippen LogP contribution is -2.07. The van der Waals surface area contributed by atoms with E-state index in [1.54, 1.807) is 10.9 Å². The minimum Gasteiger partial charge on any atom is -0.288 e. The van der Waals surface area contributed by atoms with Gasteiger partial charge >= 0.3 is 0 Å². The van der Waals surface area contributed by atoms with Gasteiger partial charge < -0.3 is 0 Å². The summed E-state index contributed by atoms with van der Waals surface area (Å²) in [6, 6.07) is 17.1. The molecule has 0 bridgehead atoms. The van der Waals surface area contributed by atoms with Crippen LogP contribution >= 0.6 is 11.6 Å². The predicted molar refractivity (Wildman–Crippen MR) is 109 cm³/mol. The molecule has 5 nitrogen and oxygen atoms in total. The fourth-order valence-electron chi connectivity index (χ4n) is 3.11. The van der Waals surface area contributed by atoms with Crippen LogP contribution in [0.2, 0.25) is 5.02 Å². The number of hydrogen-bond acceptors (Lipinski definition) is 4. The Labute approximate surface area is 163 Å². The number of aromatic nitrogens is 2. The van der Waals surface area contributed by atoms with Gasteiger partial charge in [0, 0.05) is 28.6 Å². The molecule has 3 aromatic rings. The Bertz CT molecular complexity index is 1070. The molecule has 1 fully saturated rings. The molecule has 1 aromatic heterocycles. The van der Waals surface area contributed by atoms with Crippen molar-refractivity contribution in [3.63, 3.8) is 0 Å². The minimum absolute atomic E-state index is 0.118. The summed E-state index contributed by atoms with van der Waals surface area (Å²) in [6.07, 6.45) is 4.22. The van der Waals surface area contributed by atoms with Crippen molar-refractivity contribution in [3.05, 3.63) is 71.4 Å². The van der Waals surface area contributed by atoms with Gasteiger partial charge in [0.2, 0.25) is 0 Å². The Morgan fingerprint density at radius 2 is 1.85 bits per heavy atom. The number of nitrogens with zero attached hydrogens (tertiary/aromatic N) is 3. The van der Waals surface area contributed by atoms with Crippen LogP contribution in [0.3, 0.4) is 0 Å². The molecule has 0 unspecified atom stereocenters. The van der Waals surface area contributed by atoms with E-state index < -0.39 is 9.84 Å².